The molecular formula is C14H23NO2. The van der Waals surface area contributed by atoms with Crippen LogP contribution in [0.1, 0.15) is 31.9 Å². The van der Waals surface area contributed by atoms with Gasteiger partial charge in [-0.3, -0.25) is 0 Å². The maximum absolute atomic E-state index is 5.54. The number of hydrogen-bond donors (Lipinski definition) is 1. The van der Waals surface area contributed by atoms with Gasteiger partial charge in [0.2, 0.25) is 0 Å². The number of methoxy groups -OCH3 is 1. The smallest absolute Gasteiger partial charge is 0.188 e. The van der Waals surface area contributed by atoms with Crippen molar-refractivity contribution >= 4 is 0 Å². The van der Waals surface area contributed by atoms with E-state index < -0.39 is 0 Å². The Hall–Kier alpha value is -1.06. The number of ether oxygens (including phenoxy) is 2. The van der Waals surface area contributed by atoms with Gasteiger partial charge in [0.05, 0.1) is 0 Å². The zero-order valence-electron chi connectivity index (χ0n) is 11.5. The first-order valence-electron chi connectivity index (χ1n) is 5.88. The Bertz CT molecular complexity index is 356. The van der Waals surface area contributed by atoms with Crippen LogP contribution >= 0.6 is 0 Å². The molecule has 1 rings (SSSR count). The third-order valence-electron chi connectivity index (χ3n) is 2.36. The second-order valence-electron chi connectivity index (χ2n) is 5.27. The lowest BCUT2D eigenvalue weighted by molar-refractivity contribution is 0.0503. The van der Waals surface area contributed by atoms with Crippen molar-refractivity contribution in [3.63, 3.8) is 0 Å². The molecule has 0 saturated heterocycles. The number of hydrogen-bond acceptors (Lipinski definition) is 3. The summed E-state index contributed by atoms with van der Waals surface area (Å²) in [6.45, 7) is 9.62. The van der Waals surface area contributed by atoms with Crippen LogP contribution in [0.25, 0.3) is 0 Å². The molecule has 0 amide bonds. The summed E-state index contributed by atoms with van der Waals surface area (Å²) >= 11 is 0. The van der Waals surface area contributed by atoms with E-state index in [1.54, 1.807) is 7.11 Å². The fourth-order valence-corrected chi connectivity index (χ4v) is 1.47. The highest BCUT2D eigenvalue weighted by Gasteiger charge is 2.11. The molecule has 17 heavy (non-hydrogen) atoms. The van der Waals surface area contributed by atoms with E-state index in [9.17, 15) is 0 Å². The van der Waals surface area contributed by atoms with E-state index in [1.165, 1.54) is 5.56 Å². The molecule has 0 unspecified atom stereocenters. The summed E-state index contributed by atoms with van der Waals surface area (Å²) in [7, 11) is 1.63. The average molecular weight is 237 g/mol. The number of nitrogens with one attached hydrogen (secondary N) is 1. The van der Waals surface area contributed by atoms with Gasteiger partial charge in [0, 0.05) is 24.8 Å². The Morgan fingerprint density at radius 1 is 1.24 bits per heavy atom. The second-order valence-corrected chi connectivity index (χ2v) is 5.27. The van der Waals surface area contributed by atoms with Gasteiger partial charge < -0.3 is 14.8 Å². The van der Waals surface area contributed by atoms with Crippen molar-refractivity contribution in [3.8, 4) is 5.75 Å². The van der Waals surface area contributed by atoms with Gasteiger partial charge in [-0.2, -0.15) is 0 Å². The van der Waals surface area contributed by atoms with Crippen LogP contribution < -0.4 is 10.1 Å². The summed E-state index contributed by atoms with van der Waals surface area (Å²) in [4.78, 5) is 0. The van der Waals surface area contributed by atoms with Gasteiger partial charge in [-0.05, 0) is 33.8 Å². The molecule has 96 valence electrons. The van der Waals surface area contributed by atoms with Crippen molar-refractivity contribution in [1.82, 2.24) is 5.32 Å². The summed E-state index contributed by atoms with van der Waals surface area (Å²) in [5, 5.41) is 3.46. The van der Waals surface area contributed by atoms with Crippen molar-refractivity contribution in [1.29, 1.82) is 0 Å². The van der Waals surface area contributed by atoms with E-state index in [0.29, 0.717) is 0 Å². The maximum atomic E-state index is 5.54. The van der Waals surface area contributed by atoms with E-state index in [2.05, 4.69) is 39.1 Å². The predicted octanol–water partition coefficient (Wildman–Crippen LogP) is 2.87. The van der Waals surface area contributed by atoms with Crippen LogP contribution in [0.5, 0.6) is 5.75 Å². The van der Waals surface area contributed by atoms with Crippen LogP contribution in [-0.2, 0) is 11.3 Å². The molecule has 0 bridgehead atoms. The molecule has 0 aromatic heterocycles. The minimum atomic E-state index is 0.0995. The Morgan fingerprint density at radius 3 is 2.53 bits per heavy atom. The van der Waals surface area contributed by atoms with E-state index in [0.717, 1.165) is 17.9 Å². The second kappa shape index (κ2) is 6.03. The molecule has 0 aliphatic carbocycles. The first-order valence-corrected chi connectivity index (χ1v) is 5.88. The molecule has 3 nitrogen and oxygen atoms in total. The van der Waals surface area contributed by atoms with Crippen LogP contribution in [-0.4, -0.2) is 19.4 Å². The molecule has 0 aliphatic heterocycles. The zero-order valence-corrected chi connectivity index (χ0v) is 11.5. The van der Waals surface area contributed by atoms with E-state index in [1.807, 2.05) is 12.1 Å². The lowest BCUT2D eigenvalue weighted by Crippen LogP contribution is -2.35. The largest absolute Gasteiger partial charge is 0.467 e. The van der Waals surface area contributed by atoms with Gasteiger partial charge in [-0.25, -0.2) is 0 Å². The Balaban J connectivity index is 2.76. The molecule has 0 atom stereocenters. The number of benzene rings is 1. The summed E-state index contributed by atoms with van der Waals surface area (Å²) in [5.41, 5.74) is 2.50. The van der Waals surface area contributed by atoms with E-state index >= 15 is 0 Å². The van der Waals surface area contributed by atoms with Gasteiger partial charge in [-0.1, -0.05) is 17.7 Å². The summed E-state index contributed by atoms with van der Waals surface area (Å²) in [5.74, 6) is 0.884. The summed E-state index contributed by atoms with van der Waals surface area (Å²) < 4.78 is 10.5. The van der Waals surface area contributed by atoms with Gasteiger partial charge in [0.25, 0.3) is 0 Å². The van der Waals surface area contributed by atoms with Gasteiger partial charge in [-0.15, -0.1) is 0 Å². The topological polar surface area (TPSA) is 30.5 Å². The number of rotatable bonds is 5. The third-order valence-corrected chi connectivity index (χ3v) is 2.36. The van der Waals surface area contributed by atoms with Crippen LogP contribution in [0.15, 0.2) is 18.2 Å². The van der Waals surface area contributed by atoms with E-state index in [-0.39, 0.29) is 12.3 Å². The lowest BCUT2D eigenvalue weighted by atomic mass is 10.1. The van der Waals surface area contributed by atoms with Gasteiger partial charge >= 0.3 is 0 Å². The van der Waals surface area contributed by atoms with Crippen LogP contribution in [0.4, 0.5) is 0 Å². The number of aryl methyl sites for hydroxylation is 1. The van der Waals surface area contributed by atoms with Crippen molar-refractivity contribution in [2.24, 2.45) is 0 Å². The van der Waals surface area contributed by atoms with Crippen LogP contribution in [0.2, 0.25) is 0 Å². The maximum Gasteiger partial charge on any atom is 0.188 e. The third kappa shape index (κ3) is 5.20. The molecule has 1 aromatic carbocycles. The molecule has 0 aliphatic rings. The van der Waals surface area contributed by atoms with Crippen molar-refractivity contribution < 1.29 is 9.47 Å². The SMILES string of the molecule is COCOc1ccc(C)cc1CNC(C)(C)C. The first-order chi connectivity index (χ1) is 7.92. The van der Waals surface area contributed by atoms with Crippen molar-refractivity contribution in [3.05, 3.63) is 29.3 Å². The van der Waals surface area contributed by atoms with Crippen LogP contribution in [0, 0.1) is 6.92 Å². The summed E-state index contributed by atoms with van der Waals surface area (Å²) in [6, 6.07) is 6.18. The Labute approximate surface area is 104 Å². The zero-order chi connectivity index (χ0) is 12.9. The standard InChI is InChI=1S/C14H23NO2/c1-11-6-7-13(17-10-16-5)12(8-11)9-15-14(2,3)4/h6-8,15H,9-10H2,1-5H3. The Kier molecular flexibility index (Phi) is 4.97. The van der Waals surface area contributed by atoms with Gasteiger partial charge in [0.15, 0.2) is 6.79 Å². The molecule has 0 spiro atoms. The monoisotopic (exact) mass is 237 g/mol. The highest BCUT2D eigenvalue weighted by molar-refractivity contribution is 5.36. The molecular weight excluding hydrogens is 214 g/mol. The Morgan fingerprint density at radius 2 is 1.94 bits per heavy atom. The predicted molar refractivity (Wildman–Crippen MR) is 70.3 cm³/mol. The first kappa shape index (κ1) is 14.0. The molecule has 1 N–H and O–H groups in total. The van der Waals surface area contributed by atoms with Crippen molar-refractivity contribution in [2.45, 2.75) is 39.8 Å². The lowest BCUT2D eigenvalue weighted by Gasteiger charge is -2.21. The fraction of sp³-hybridized carbons (Fsp3) is 0.571. The molecule has 1 aromatic rings. The fourth-order valence-electron chi connectivity index (χ4n) is 1.47. The van der Waals surface area contributed by atoms with Crippen LogP contribution in [0.3, 0.4) is 0 Å². The summed E-state index contributed by atoms with van der Waals surface area (Å²) in [6.07, 6.45) is 0. The minimum Gasteiger partial charge on any atom is -0.467 e. The highest BCUT2D eigenvalue weighted by Crippen LogP contribution is 2.20. The molecule has 0 heterocycles. The van der Waals surface area contributed by atoms with Crippen molar-refractivity contribution in [2.75, 3.05) is 13.9 Å². The highest BCUT2D eigenvalue weighted by atomic mass is 16.7. The average Bonchev–Trinajstić information content (AvgIpc) is 2.24. The van der Waals surface area contributed by atoms with E-state index in [4.69, 9.17) is 9.47 Å². The molecule has 3 heteroatoms. The molecule has 0 saturated carbocycles. The minimum absolute atomic E-state index is 0.0995. The van der Waals surface area contributed by atoms with Gasteiger partial charge in [0.1, 0.15) is 5.75 Å². The normalized spacial score (nSPS) is 11.6. The molecule has 0 fully saturated rings. The molecule has 0 radical (unpaired) electrons. The quantitative estimate of drug-likeness (QED) is 0.799.